The summed E-state index contributed by atoms with van der Waals surface area (Å²) in [7, 11) is 1.62. The Morgan fingerprint density at radius 2 is 2.04 bits per heavy atom. The summed E-state index contributed by atoms with van der Waals surface area (Å²) in [5.74, 6) is 0.390. The van der Waals surface area contributed by atoms with Gasteiger partial charge in [0.1, 0.15) is 11.2 Å². The van der Waals surface area contributed by atoms with Crippen LogP contribution in [-0.2, 0) is 20.9 Å². The molecule has 0 saturated carbocycles. The molecule has 1 N–H and O–H groups in total. The molecule has 5 nitrogen and oxygen atoms in total. The number of aliphatic hydroxyl groups excluding tert-OH is 1. The highest BCUT2D eigenvalue weighted by Gasteiger charge is 2.47. The fourth-order valence-corrected chi connectivity index (χ4v) is 2.87. The first kappa shape index (κ1) is 18.5. The minimum Gasteiger partial charge on any atom is -0.497 e. The predicted octanol–water partition coefficient (Wildman–Crippen LogP) is 2.86. The van der Waals surface area contributed by atoms with E-state index in [1.54, 1.807) is 20.1 Å². The molecule has 2 rings (SSSR count). The largest absolute Gasteiger partial charge is 0.497 e. The van der Waals surface area contributed by atoms with Gasteiger partial charge in [-0.1, -0.05) is 23.8 Å². The van der Waals surface area contributed by atoms with Crippen LogP contribution in [0.3, 0.4) is 0 Å². The maximum atomic E-state index is 12.5. The SMILES string of the molecule is CCOC(=O)[C@]1(COCc2ccc(OC)cc2)CCC(C)=C[C@@H]1O. The number of methoxy groups -OCH3 is 1. The van der Waals surface area contributed by atoms with Gasteiger partial charge in [0.2, 0.25) is 0 Å². The van der Waals surface area contributed by atoms with E-state index in [0.717, 1.165) is 23.3 Å². The van der Waals surface area contributed by atoms with Crippen molar-refractivity contribution in [3.05, 3.63) is 41.5 Å². The van der Waals surface area contributed by atoms with E-state index in [1.165, 1.54) is 0 Å². The van der Waals surface area contributed by atoms with Gasteiger partial charge in [-0.3, -0.25) is 4.79 Å². The number of esters is 1. The minimum absolute atomic E-state index is 0.128. The summed E-state index contributed by atoms with van der Waals surface area (Å²) in [5.41, 5.74) is 1.03. The fourth-order valence-electron chi connectivity index (χ4n) is 2.87. The molecule has 1 aromatic carbocycles. The molecule has 0 spiro atoms. The lowest BCUT2D eigenvalue weighted by Gasteiger charge is -2.37. The topological polar surface area (TPSA) is 65.0 Å². The molecular weight excluding hydrogens is 308 g/mol. The second kappa shape index (κ2) is 8.31. The van der Waals surface area contributed by atoms with Gasteiger partial charge in [0.15, 0.2) is 0 Å². The molecule has 0 bridgehead atoms. The maximum absolute atomic E-state index is 12.5. The first-order valence-electron chi connectivity index (χ1n) is 8.25. The van der Waals surface area contributed by atoms with Crippen LogP contribution in [0.1, 0.15) is 32.3 Å². The van der Waals surface area contributed by atoms with E-state index in [0.29, 0.717) is 13.0 Å². The summed E-state index contributed by atoms with van der Waals surface area (Å²) in [4.78, 5) is 12.5. The zero-order valence-corrected chi connectivity index (χ0v) is 14.6. The van der Waals surface area contributed by atoms with Crippen LogP contribution in [0.4, 0.5) is 0 Å². The van der Waals surface area contributed by atoms with Crippen molar-refractivity contribution in [2.45, 2.75) is 39.4 Å². The van der Waals surface area contributed by atoms with Crippen LogP contribution in [-0.4, -0.2) is 37.5 Å². The number of benzene rings is 1. The predicted molar refractivity (Wildman–Crippen MR) is 90.7 cm³/mol. The normalized spacial score (nSPS) is 23.5. The van der Waals surface area contributed by atoms with Crippen molar-refractivity contribution in [1.82, 2.24) is 0 Å². The standard InChI is InChI=1S/C19H26O5/c1-4-24-18(21)19(10-9-14(2)11-17(19)20)13-23-12-15-5-7-16(22-3)8-6-15/h5-8,11,17,20H,4,9-10,12-13H2,1-3H3/t17-,19-/m0/s1. The lowest BCUT2D eigenvalue weighted by atomic mass is 9.73. The molecule has 0 unspecified atom stereocenters. The Morgan fingerprint density at radius 3 is 2.62 bits per heavy atom. The third-order valence-corrected chi connectivity index (χ3v) is 4.44. The van der Waals surface area contributed by atoms with E-state index in [2.05, 4.69) is 0 Å². The fraction of sp³-hybridized carbons (Fsp3) is 0.526. The molecule has 0 saturated heterocycles. The molecule has 1 aliphatic carbocycles. The monoisotopic (exact) mass is 334 g/mol. The highest BCUT2D eigenvalue weighted by Crippen LogP contribution is 2.37. The Balaban J connectivity index is 2.04. The number of hydrogen-bond acceptors (Lipinski definition) is 5. The number of carbonyl (C=O) groups excluding carboxylic acids is 1. The minimum atomic E-state index is -1.03. The molecule has 1 aliphatic rings. The van der Waals surface area contributed by atoms with Crippen molar-refractivity contribution in [3.63, 3.8) is 0 Å². The van der Waals surface area contributed by atoms with Crippen LogP contribution in [0, 0.1) is 5.41 Å². The van der Waals surface area contributed by atoms with Gasteiger partial charge in [-0.05, 0) is 44.4 Å². The van der Waals surface area contributed by atoms with Crippen molar-refractivity contribution < 1.29 is 24.1 Å². The zero-order chi connectivity index (χ0) is 17.6. The van der Waals surface area contributed by atoms with Gasteiger partial charge in [-0.25, -0.2) is 0 Å². The summed E-state index contributed by atoms with van der Waals surface area (Å²) in [6.07, 6.45) is 2.12. The molecule has 0 radical (unpaired) electrons. The Labute approximate surface area is 143 Å². The summed E-state index contributed by atoms with van der Waals surface area (Å²) >= 11 is 0. The third kappa shape index (κ3) is 4.16. The smallest absolute Gasteiger partial charge is 0.317 e. The quantitative estimate of drug-likeness (QED) is 0.613. The summed E-state index contributed by atoms with van der Waals surface area (Å²) in [6, 6.07) is 7.55. The molecule has 2 atom stereocenters. The molecule has 5 heteroatoms. The van der Waals surface area contributed by atoms with E-state index in [9.17, 15) is 9.90 Å². The molecule has 0 aliphatic heterocycles. The van der Waals surface area contributed by atoms with Gasteiger partial charge in [0.05, 0.1) is 33.0 Å². The lowest BCUT2D eigenvalue weighted by molar-refractivity contribution is -0.169. The number of ether oxygens (including phenoxy) is 3. The van der Waals surface area contributed by atoms with E-state index >= 15 is 0 Å². The molecular formula is C19H26O5. The van der Waals surface area contributed by atoms with E-state index < -0.39 is 17.5 Å². The molecule has 0 aromatic heterocycles. The number of carbonyl (C=O) groups is 1. The van der Waals surface area contributed by atoms with Crippen molar-refractivity contribution in [3.8, 4) is 5.75 Å². The summed E-state index contributed by atoms with van der Waals surface area (Å²) in [5, 5.41) is 10.5. The van der Waals surface area contributed by atoms with Crippen molar-refractivity contribution in [1.29, 1.82) is 0 Å². The van der Waals surface area contributed by atoms with Crippen molar-refractivity contribution >= 4 is 5.97 Å². The molecule has 24 heavy (non-hydrogen) atoms. The van der Waals surface area contributed by atoms with E-state index in [-0.39, 0.29) is 13.2 Å². The summed E-state index contributed by atoms with van der Waals surface area (Å²) < 4.78 is 16.1. The highest BCUT2D eigenvalue weighted by molar-refractivity contribution is 5.78. The van der Waals surface area contributed by atoms with Crippen LogP contribution < -0.4 is 4.74 Å². The average molecular weight is 334 g/mol. The highest BCUT2D eigenvalue weighted by atomic mass is 16.5. The Kier molecular flexibility index (Phi) is 6.40. The first-order chi connectivity index (χ1) is 11.5. The molecule has 0 amide bonds. The Bertz CT molecular complexity index is 578. The van der Waals surface area contributed by atoms with E-state index in [1.807, 2.05) is 31.2 Å². The zero-order valence-electron chi connectivity index (χ0n) is 14.6. The van der Waals surface area contributed by atoms with Crippen LogP contribution in [0.25, 0.3) is 0 Å². The van der Waals surface area contributed by atoms with Gasteiger partial charge in [-0.2, -0.15) is 0 Å². The van der Waals surface area contributed by atoms with Crippen LogP contribution in [0.2, 0.25) is 0 Å². The molecule has 0 fully saturated rings. The first-order valence-corrected chi connectivity index (χ1v) is 8.25. The van der Waals surface area contributed by atoms with Crippen molar-refractivity contribution in [2.24, 2.45) is 5.41 Å². The average Bonchev–Trinajstić information content (AvgIpc) is 2.58. The number of allylic oxidation sites excluding steroid dienone is 1. The second-order valence-corrected chi connectivity index (χ2v) is 6.18. The number of rotatable bonds is 7. The van der Waals surface area contributed by atoms with Crippen LogP contribution in [0.5, 0.6) is 5.75 Å². The van der Waals surface area contributed by atoms with Gasteiger partial charge in [0.25, 0.3) is 0 Å². The van der Waals surface area contributed by atoms with Crippen LogP contribution in [0.15, 0.2) is 35.9 Å². The number of hydrogen-bond donors (Lipinski definition) is 1. The lowest BCUT2D eigenvalue weighted by Crippen LogP contribution is -2.48. The molecule has 1 aromatic rings. The summed E-state index contributed by atoms with van der Waals surface area (Å²) in [6.45, 7) is 4.49. The van der Waals surface area contributed by atoms with Gasteiger partial charge < -0.3 is 19.3 Å². The van der Waals surface area contributed by atoms with Gasteiger partial charge >= 0.3 is 5.97 Å². The van der Waals surface area contributed by atoms with Gasteiger partial charge in [-0.15, -0.1) is 0 Å². The second-order valence-electron chi connectivity index (χ2n) is 6.18. The van der Waals surface area contributed by atoms with Crippen molar-refractivity contribution in [2.75, 3.05) is 20.3 Å². The number of aliphatic hydroxyl groups is 1. The maximum Gasteiger partial charge on any atom is 0.317 e. The molecule has 0 heterocycles. The Morgan fingerprint density at radius 1 is 1.33 bits per heavy atom. The van der Waals surface area contributed by atoms with E-state index in [4.69, 9.17) is 14.2 Å². The van der Waals surface area contributed by atoms with Gasteiger partial charge in [0, 0.05) is 0 Å². The Hall–Kier alpha value is -1.85. The molecule has 132 valence electrons. The van der Waals surface area contributed by atoms with Crippen LogP contribution >= 0.6 is 0 Å². The third-order valence-electron chi connectivity index (χ3n) is 4.44.